The van der Waals surface area contributed by atoms with Gasteiger partial charge in [-0.3, -0.25) is 9.59 Å². The van der Waals surface area contributed by atoms with Crippen LogP contribution in [0.3, 0.4) is 0 Å². The number of halogens is 1. The molecule has 1 N–H and O–H groups in total. The summed E-state index contributed by atoms with van der Waals surface area (Å²) in [5.41, 5.74) is 0.727. The molecule has 114 valence electrons. The van der Waals surface area contributed by atoms with Crippen molar-refractivity contribution in [3.8, 4) is 0 Å². The maximum atomic E-state index is 12.3. The van der Waals surface area contributed by atoms with E-state index >= 15 is 0 Å². The minimum Gasteiger partial charge on any atom is -0.467 e. The van der Waals surface area contributed by atoms with Crippen molar-refractivity contribution in [3.05, 3.63) is 52.9 Å². The Morgan fingerprint density at radius 1 is 1.32 bits per heavy atom. The molecule has 0 unspecified atom stereocenters. The number of anilines is 1. The lowest BCUT2D eigenvalue weighted by Crippen LogP contribution is -2.27. The van der Waals surface area contributed by atoms with E-state index in [1.165, 1.54) is 0 Å². The van der Waals surface area contributed by atoms with Crippen molar-refractivity contribution in [1.29, 1.82) is 0 Å². The first-order valence-corrected chi connectivity index (χ1v) is 7.78. The summed E-state index contributed by atoms with van der Waals surface area (Å²) in [5, 5.41) is 2.85. The van der Waals surface area contributed by atoms with Gasteiger partial charge in [0.25, 0.3) is 0 Å². The SMILES string of the molecule is O=C(Nc1ccc(Br)cc1)[C@@H]1CC(=O)N(Cc2ccco2)C1. The number of nitrogens with zero attached hydrogens (tertiary/aromatic N) is 1. The molecule has 2 amide bonds. The van der Waals surface area contributed by atoms with E-state index in [0.29, 0.717) is 13.1 Å². The van der Waals surface area contributed by atoms with Crippen LogP contribution < -0.4 is 5.32 Å². The van der Waals surface area contributed by atoms with Gasteiger partial charge in [-0.05, 0) is 36.4 Å². The maximum absolute atomic E-state index is 12.3. The zero-order valence-corrected chi connectivity index (χ0v) is 13.4. The highest BCUT2D eigenvalue weighted by molar-refractivity contribution is 9.10. The highest BCUT2D eigenvalue weighted by Gasteiger charge is 2.34. The molecule has 0 spiro atoms. The Hall–Kier alpha value is -2.08. The van der Waals surface area contributed by atoms with Crippen LogP contribution in [0.5, 0.6) is 0 Å². The third-order valence-electron chi connectivity index (χ3n) is 3.62. The van der Waals surface area contributed by atoms with Crippen molar-refractivity contribution >= 4 is 33.4 Å². The molecule has 0 saturated carbocycles. The number of amides is 2. The smallest absolute Gasteiger partial charge is 0.229 e. The number of benzene rings is 1. The molecule has 5 nitrogen and oxygen atoms in total. The fourth-order valence-corrected chi connectivity index (χ4v) is 2.73. The van der Waals surface area contributed by atoms with E-state index in [2.05, 4.69) is 21.2 Å². The van der Waals surface area contributed by atoms with Gasteiger partial charge >= 0.3 is 0 Å². The second kappa shape index (κ2) is 6.36. The first kappa shape index (κ1) is 14.8. The summed E-state index contributed by atoms with van der Waals surface area (Å²) in [6, 6.07) is 11.0. The van der Waals surface area contributed by atoms with Crippen LogP contribution in [0.1, 0.15) is 12.2 Å². The molecular weight excluding hydrogens is 348 g/mol. The molecule has 1 aliphatic heterocycles. The summed E-state index contributed by atoms with van der Waals surface area (Å²) in [7, 11) is 0. The molecule has 0 bridgehead atoms. The van der Waals surface area contributed by atoms with Gasteiger partial charge in [0.15, 0.2) is 0 Å². The van der Waals surface area contributed by atoms with E-state index in [9.17, 15) is 9.59 Å². The van der Waals surface area contributed by atoms with Crippen molar-refractivity contribution in [2.24, 2.45) is 5.92 Å². The molecular formula is C16H15BrN2O3. The van der Waals surface area contributed by atoms with Crippen molar-refractivity contribution in [1.82, 2.24) is 4.90 Å². The second-order valence-electron chi connectivity index (χ2n) is 5.25. The molecule has 2 aromatic rings. The predicted octanol–water partition coefficient (Wildman–Crippen LogP) is 3.03. The van der Waals surface area contributed by atoms with Crippen LogP contribution in [0, 0.1) is 5.92 Å². The van der Waals surface area contributed by atoms with Crippen LogP contribution in [0.15, 0.2) is 51.6 Å². The number of carbonyl (C=O) groups is 2. The van der Waals surface area contributed by atoms with Gasteiger partial charge < -0.3 is 14.6 Å². The van der Waals surface area contributed by atoms with Crippen LogP contribution >= 0.6 is 15.9 Å². The average molecular weight is 363 g/mol. The van der Waals surface area contributed by atoms with Crippen LogP contribution in [0.25, 0.3) is 0 Å². The van der Waals surface area contributed by atoms with Gasteiger partial charge in [-0.2, -0.15) is 0 Å². The van der Waals surface area contributed by atoms with Crippen molar-refractivity contribution in [2.45, 2.75) is 13.0 Å². The van der Waals surface area contributed by atoms with Gasteiger partial charge in [0.1, 0.15) is 5.76 Å². The number of likely N-dealkylation sites (tertiary alicyclic amines) is 1. The molecule has 1 atom stereocenters. The number of carbonyl (C=O) groups excluding carboxylic acids is 2. The van der Waals surface area contributed by atoms with E-state index in [4.69, 9.17) is 4.42 Å². The minimum atomic E-state index is -0.328. The summed E-state index contributed by atoms with van der Waals surface area (Å²) in [5.74, 6) is 0.249. The standard InChI is InChI=1S/C16H15BrN2O3/c17-12-3-5-13(6-4-12)18-16(21)11-8-15(20)19(9-11)10-14-2-1-7-22-14/h1-7,11H,8-10H2,(H,18,21)/t11-/m1/s1. The highest BCUT2D eigenvalue weighted by Crippen LogP contribution is 2.22. The Labute approximate surface area is 136 Å². The summed E-state index contributed by atoms with van der Waals surface area (Å²) < 4.78 is 6.20. The van der Waals surface area contributed by atoms with Crippen molar-refractivity contribution in [2.75, 3.05) is 11.9 Å². The maximum Gasteiger partial charge on any atom is 0.229 e. The largest absolute Gasteiger partial charge is 0.467 e. The molecule has 1 saturated heterocycles. The lowest BCUT2D eigenvalue weighted by molar-refractivity contribution is -0.128. The molecule has 1 aromatic carbocycles. The van der Waals surface area contributed by atoms with Crippen molar-refractivity contribution < 1.29 is 14.0 Å². The highest BCUT2D eigenvalue weighted by atomic mass is 79.9. The number of hydrogen-bond acceptors (Lipinski definition) is 3. The summed E-state index contributed by atoms with van der Waals surface area (Å²) in [4.78, 5) is 25.9. The van der Waals surface area contributed by atoms with Gasteiger partial charge in [-0.1, -0.05) is 15.9 Å². The molecule has 1 aromatic heterocycles. The Balaban J connectivity index is 1.60. The molecule has 0 radical (unpaired) electrons. The Morgan fingerprint density at radius 3 is 2.77 bits per heavy atom. The molecule has 3 rings (SSSR count). The number of furan rings is 1. The normalized spacial score (nSPS) is 17.8. The third-order valence-corrected chi connectivity index (χ3v) is 4.15. The number of hydrogen-bond donors (Lipinski definition) is 1. The van der Waals surface area contributed by atoms with Gasteiger partial charge in [-0.25, -0.2) is 0 Å². The quantitative estimate of drug-likeness (QED) is 0.908. The Morgan fingerprint density at radius 2 is 2.09 bits per heavy atom. The number of nitrogens with one attached hydrogen (secondary N) is 1. The predicted molar refractivity (Wildman–Crippen MR) is 85.0 cm³/mol. The Bertz CT molecular complexity index is 667. The first-order chi connectivity index (χ1) is 10.6. The van der Waals surface area contributed by atoms with Gasteiger partial charge in [-0.15, -0.1) is 0 Å². The Kier molecular flexibility index (Phi) is 4.29. The van der Waals surface area contributed by atoms with Crippen molar-refractivity contribution in [3.63, 3.8) is 0 Å². The van der Waals surface area contributed by atoms with Crippen LogP contribution in [0.2, 0.25) is 0 Å². The van der Waals surface area contributed by atoms with Gasteiger partial charge in [0.05, 0.1) is 18.7 Å². The summed E-state index contributed by atoms with van der Waals surface area (Å²) in [6.45, 7) is 0.829. The van der Waals surface area contributed by atoms with E-state index in [0.717, 1.165) is 15.9 Å². The van der Waals surface area contributed by atoms with Gasteiger partial charge in [0.2, 0.25) is 11.8 Å². The molecule has 1 aliphatic rings. The molecule has 1 fully saturated rings. The second-order valence-corrected chi connectivity index (χ2v) is 6.17. The fourth-order valence-electron chi connectivity index (χ4n) is 2.47. The van der Waals surface area contributed by atoms with E-state index in [1.807, 2.05) is 30.3 Å². The van der Waals surface area contributed by atoms with E-state index in [-0.39, 0.29) is 24.2 Å². The molecule has 6 heteroatoms. The van der Waals surface area contributed by atoms with E-state index < -0.39 is 0 Å². The fraction of sp³-hybridized carbons (Fsp3) is 0.250. The van der Waals surface area contributed by atoms with Gasteiger partial charge in [0, 0.05) is 23.1 Å². The van der Waals surface area contributed by atoms with Crippen LogP contribution in [-0.2, 0) is 16.1 Å². The average Bonchev–Trinajstić information content (AvgIpc) is 3.13. The summed E-state index contributed by atoms with van der Waals surface area (Å²) >= 11 is 3.35. The lowest BCUT2D eigenvalue weighted by Gasteiger charge is -2.15. The molecule has 0 aliphatic carbocycles. The first-order valence-electron chi connectivity index (χ1n) is 6.98. The minimum absolute atomic E-state index is 0.0210. The van der Waals surface area contributed by atoms with Crippen LogP contribution in [-0.4, -0.2) is 23.3 Å². The van der Waals surface area contributed by atoms with E-state index in [1.54, 1.807) is 17.2 Å². The monoisotopic (exact) mass is 362 g/mol. The summed E-state index contributed by atoms with van der Waals surface area (Å²) in [6.07, 6.45) is 1.82. The zero-order chi connectivity index (χ0) is 15.5. The third kappa shape index (κ3) is 3.39. The zero-order valence-electron chi connectivity index (χ0n) is 11.8. The molecule has 22 heavy (non-hydrogen) atoms. The van der Waals surface area contributed by atoms with Crippen LogP contribution in [0.4, 0.5) is 5.69 Å². The topological polar surface area (TPSA) is 62.6 Å². The number of rotatable bonds is 4. The molecule has 2 heterocycles. The lowest BCUT2D eigenvalue weighted by atomic mass is 10.1.